The molecule has 0 unspecified atom stereocenters. The Morgan fingerprint density at radius 2 is 2.10 bits per heavy atom. The van der Waals surface area contributed by atoms with Gasteiger partial charge in [-0.2, -0.15) is 0 Å². The molecule has 0 bridgehead atoms. The van der Waals surface area contributed by atoms with Crippen molar-refractivity contribution >= 4 is 22.6 Å². The molecule has 1 saturated heterocycles. The second-order valence-electron chi connectivity index (χ2n) is 7.08. The lowest BCUT2D eigenvalue weighted by Crippen LogP contribution is -2.51. The lowest BCUT2D eigenvalue weighted by molar-refractivity contribution is -0.274. The number of benzene rings is 1. The van der Waals surface area contributed by atoms with E-state index in [9.17, 15) is 18.0 Å². The van der Waals surface area contributed by atoms with Gasteiger partial charge in [-0.05, 0) is 38.8 Å². The number of hydrogen-bond donors (Lipinski definition) is 1. The Hall–Kier alpha value is -2.62. The van der Waals surface area contributed by atoms with Gasteiger partial charge in [-0.3, -0.25) is 4.79 Å². The van der Waals surface area contributed by atoms with Gasteiger partial charge in [0, 0.05) is 31.1 Å². The van der Waals surface area contributed by atoms with Gasteiger partial charge in [-0.1, -0.05) is 0 Å². The summed E-state index contributed by atoms with van der Waals surface area (Å²) in [6.45, 7) is 4.32. The number of fused-ring (bicyclic) bond motifs is 1. The minimum Gasteiger partial charge on any atom is -0.406 e. The zero-order valence-electron chi connectivity index (χ0n) is 16.4. The predicted octanol–water partition coefficient (Wildman–Crippen LogP) is 3.35. The number of anilines is 1. The summed E-state index contributed by atoms with van der Waals surface area (Å²) in [7, 11) is 1.67. The van der Waals surface area contributed by atoms with Gasteiger partial charge < -0.3 is 19.7 Å². The first kappa shape index (κ1) is 21.1. The molecule has 3 rings (SSSR count). The van der Waals surface area contributed by atoms with E-state index >= 15 is 0 Å². The Morgan fingerprint density at radius 3 is 2.76 bits per heavy atom. The van der Waals surface area contributed by atoms with E-state index in [0.29, 0.717) is 17.7 Å². The standard InChI is InChI=1S/C19H23F3N4O3/c1-11-8-13(28-3)6-7-26(11)18(27)12(2)25-17-15-5-4-14(29-19(20,21)22)9-16(15)23-10-24-17/h4-5,9-13H,6-8H2,1-3H3,(H,23,24,25)/t11-,12+,13-/m0/s1. The first-order valence-electron chi connectivity index (χ1n) is 9.28. The minimum absolute atomic E-state index is 0.0506. The molecule has 0 aliphatic carbocycles. The molecule has 1 fully saturated rings. The van der Waals surface area contributed by atoms with Crippen LogP contribution in [0.1, 0.15) is 26.7 Å². The highest BCUT2D eigenvalue weighted by atomic mass is 19.4. The Labute approximate surface area is 166 Å². The van der Waals surface area contributed by atoms with Crippen LogP contribution in [0.2, 0.25) is 0 Å². The molecular formula is C19H23F3N4O3. The van der Waals surface area contributed by atoms with E-state index < -0.39 is 12.4 Å². The number of alkyl halides is 3. The van der Waals surface area contributed by atoms with Crippen molar-refractivity contribution in [1.82, 2.24) is 14.9 Å². The van der Waals surface area contributed by atoms with Gasteiger partial charge in [0.15, 0.2) is 0 Å². The van der Waals surface area contributed by atoms with E-state index in [2.05, 4.69) is 20.0 Å². The molecule has 1 aromatic heterocycles. The molecular weight excluding hydrogens is 389 g/mol. The first-order valence-corrected chi connectivity index (χ1v) is 9.28. The maximum Gasteiger partial charge on any atom is 0.573 e. The van der Waals surface area contributed by atoms with Gasteiger partial charge in [-0.25, -0.2) is 9.97 Å². The van der Waals surface area contributed by atoms with Crippen molar-refractivity contribution in [2.45, 2.75) is 51.2 Å². The molecule has 0 saturated carbocycles. The fraction of sp³-hybridized carbons (Fsp3) is 0.526. The number of hydrogen-bond acceptors (Lipinski definition) is 6. The summed E-state index contributed by atoms with van der Waals surface area (Å²) in [6.07, 6.45) is -1.86. The molecule has 1 aromatic carbocycles. The van der Waals surface area contributed by atoms with Crippen LogP contribution in [0.25, 0.3) is 10.9 Å². The third-order valence-electron chi connectivity index (χ3n) is 5.01. The third kappa shape index (κ3) is 5.06. The summed E-state index contributed by atoms with van der Waals surface area (Å²) < 4.78 is 46.6. The number of halogens is 3. The van der Waals surface area contributed by atoms with Crippen LogP contribution in [0.4, 0.5) is 19.0 Å². The molecule has 2 aromatic rings. The number of likely N-dealkylation sites (tertiary alicyclic amines) is 1. The van der Waals surface area contributed by atoms with Crippen LogP contribution in [-0.4, -0.2) is 59.0 Å². The number of aromatic nitrogens is 2. The van der Waals surface area contributed by atoms with Crippen molar-refractivity contribution in [2.75, 3.05) is 19.0 Å². The zero-order valence-corrected chi connectivity index (χ0v) is 16.4. The quantitative estimate of drug-likeness (QED) is 0.812. The lowest BCUT2D eigenvalue weighted by Gasteiger charge is -2.38. The van der Waals surface area contributed by atoms with Crippen LogP contribution in [0.3, 0.4) is 0 Å². The van der Waals surface area contributed by atoms with Crippen LogP contribution in [0.5, 0.6) is 5.75 Å². The molecule has 1 amide bonds. The Balaban J connectivity index is 1.74. The summed E-state index contributed by atoms with van der Waals surface area (Å²) in [5.74, 6) is -0.0710. The average Bonchev–Trinajstić information content (AvgIpc) is 2.66. The average molecular weight is 412 g/mol. The van der Waals surface area contributed by atoms with E-state index in [-0.39, 0.29) is 29.3 Å². The van der Waals surface area contributed by atoms with E-state index in [1.165, 1.54) is 24.5 Å². The highest BCUT2D eigenvalue weighted by Gasteiger charge is 2.32. The number of nitrogens with zero attached hydrogens (tertiary/aromatic N) is 3. The van der Waals surface area contributed by atoms with Gasteiger partial charge in [-0.15, -0.1) is 13.2 Å². The number of methoxy groups -OCH3 is 1. The van der Waals surface area contributed by atoms with Crippen molar-refractivity contribution in [3.8, 4) is 5.75 Å². The molecule has 3 atom stereocenters. The van der Waals surface area contributed by atoms with E-state index in [4.69, 9.17) is 4.74 Å². The number of rotatable bonds is 5. The lowest BCUT2D eigenvalue weighted by atomic mass is 9.99. The van der Waals surface area contributed by atoms with E-state index in [0.717, 1.165) is 12.8 Å². The summed E-state index contributed by atoms with van der Waals surface area (Å²) in [4.78, 5) is 22.8. The number of amides is 1. The number of carbonyl (C=O) groups is 1. The molecule has 10 heteroatoms. The van der Waals surface area contributed by atoms with Gasteiger partial charge in [0.2, 0.25) is 5.91 Å². The molecule has 0 radical (unpaired) electrons. The summed E-state index contributed by atoms with van der Waals surface area (Å²) in [6, 6.07) is 3.28. The molecule has 1 N–H and O–H groups in total. The van der Waals surface area contributed by atoms with Crippen molar-refractivity contribution in [2.24, 2.45) is 0 Å². The summed E-state index contributed by atoms with van der Waals surface area (Å²) >= 11 is 0. The highest BCUT2D eigenvalue weighted by Crippen LogP contribution is 2.28. The largest absolute Gasteiger partial charge is 0.573 e. The first-order chi connectivity index (χ1) is 13.7. The van der Waals surface area contributed by atoms with Crippen LogP contribution in [0, 0.1) is 0 Å². The van der Waals surface area contributed by atoms with Crippen molar-refractivity contribution in [3.05, 3.63) is 24.5 Å². The minimum atomic E-state index is -4.78. The molecule has 2 heterocycles. The van der Waals surface area contributed by atoms with Crippen molar-refractivity contribution < 1.29 is 27.4 Å². The SMILES string of the molecule is CO[C@H]1CCN(C(=O)[C@@H](C)Nc2ncnc3cc(OC(F)(F)F)ccc23)[C@@H](C)C1. The Bertz CT molecular complexity index is 877. The van der Waals surface area contributed by atoms with E-state index in [1.54, 1.807) is 14.0 Å². The molecule has 1 aliphatic rings. The normalized spacial score (nSPS) is 21.1. The summed E-state index contributed by atoms with van der Waals surface area (Å²) in [5, 5.41) is 3.55. The maximum absolute atomic E-state index is 12.9. The van der Waals surface area contributed by atoms with Gasteiger partial charge >= 0.3 is 6.36 Å². The smallest absolute Gasteiger partial charge is 0.406 e. The topological polar surface area (TPSA) is 76.6 Å². The molecule has 1 aliphatic heterocycles. The molecule has 158 valence electrons. The van der Waals surface area contributed by atoms with E-state index in [1.807, 2.05) is 11.8 Å². The Kier molecular flexibility index (Phi) is 6.11. The molecule has 7 nitrogen and oxygen atoms in total. The van der Waals surface area contributed by atoms with Crippen LogP contribution in [0.15, 0.2) is 24.5 Å². The predicted molar refractivity (Wildman–Crippen MR) is 101 cm³/mol. The fourth-order valence-corrected chi connectivity index (χ4v) is 3.54. The van der Waals surface area contributed by atoms with Crippen LogP contribution in [-0.2, 0) is 9.53 Å². The third-order valence-corrected chi connectivity index (χ3v) is 5.01. The van der Waals surface area contributed by atoms with Gasteiger partial charge in [0.05, 0.1) is 11.6 Å². The van der Waals surface area contributed by atoms with Crippen molar-refractivity contribution in [1.29, 1.82) is 0 Å². The second-order valence-corrected chi connectivity index (χ2v) is 7.08. The molecule has 0 spiro atoms. The van der Waals surface area contributed by atoms with Gasteiger partial charge in [0.1, 0.15) is 23.9 Å². The van der Waals surface area contributed by atoms with Crippen LogP contribution >= 0.6 is 0 Å². The number of piperidine rings is 1. The number of carbonyl (C=O) groups excluding carboxylic acids is 1. The number of ether oxygens (including phenoxy) is 2. The Morgan fingerprint density at radius 1 is 1.34 bits per heavy atom. The van der Waals surface area contributed by atoms with Gasteiger partial charge in [0.25, 0.3) is 0 Å². The maximum atomic E-state index is 12.9. The van der Waals surface area contributed by atoms with Crippen LogP contribution < -0.4 is 10.1 Å². The fourth-order valence-electron chi connectivity index (χ4n) is 3.54. The monoisotopic (exact) mass is 412 g/mol. The van der Waals surface area contributed by atoms with Crippen molar-refractivity contribution in [3.63, 3.8) is 0 Å². The second kappa shape index (κ2) is 8.40. The zero-order chi connectivity index (χ0) is 21.2. The number of nitrogens with one attached hydrogen (secondary N) is 1. The summed E-state index contributed by atoms with van der Waals surface area (Å²) in [5.41, 5.74) is 0.276. The highest BCUT2D eigenvalue weighted by molar-refractivity contribution is 5.92. The molecule has 29 heavy (non-hydrogen) atoms.